The van der Waals surface area contributed by atoms with Gasteiger partial charge in [0.25, 0.3) is 0 Å². The van der Waals surface area contributed by atoms with Crippen LogP contribution in [0.25, 0.3) is 0 Å². The van der Waals surface area contributed by atoms with E-state index in [0.717, 1.165) is 24.4 Å². The second-order valence-corrected chi connectivity index (χ2v) is 4.93. The molecule has 2 aromatic rings. The van der Waals surface area contributed by atoms with Crippen molar-refractivity contribution >= 4 is 0 Å². The Hall–Kier alpha value is -1.88. The minimum atomic E-state index is 0.0739. The van der Waals surface area contributed by atoms with Crippen LogP contribution < -0.4 is 10.1 Å². The molecule has 0 radical (unpaired) electrons. The van der Waals surface area contributed by atoms with Gasteiger partial charge >= 0.3 is 0 Å². The Bertz CT molecular complexity index is 514. The highest BCUT2D eigenvalue weighted by Crippen LogP contribution is 2.14. The predicted octanol–water partition coefficient (Wildman–Crippen LogP) is 2.36. The molecule has 0 spiro atoms. The SMILES string of the molecule is OCCOCCNCc1ccc(OCc2ccccc2)cc1. The minimum Gasteiger partial charge on any atom is -0.489 e. The topological polar surface area (TPSA) is 50.7 Å². The first kappa shape index (κ1) is 16.5. The van der Waals surface area contributed by atoms with E-state index in [9.17, 15) is 0 Å². The molecule has 118 valence electrons. The molecular weight excluding hydrogens is 278 g/mol. The molecule has 0 heterocycles. The van der Waals surface area contributed by atoms with Crippen molar-refractivity contribution in [2.45, 2.75) is 13.2 Å². The van der Waals surface area contributed by atoms with Crippen LogP contribution in [0.2, 0.25) is 0 Å². The van der Waals surface area contributed by atoms with Crippen LogP contribution in [0.4, 0.5) is 0 Å². The largest absolute Gasteiger partial charge is 0.489 e. The monoisotopic (exact) mass is 301 g/mol. The first-order valence-electron chi connectivity index (χ1n) is 7.53. The highest BCUT2D eigenvalue weighted by Gasteiger charge is 1.97. The molecular formula is C18H23NO3. The van der Waals surface area contributed by atoms with Gasteiger partial charge in [-0.15, -0.1) is 0 Å². The molecule has 0 aliphatic carbocycles. The van der Waals surface area contributed by atoms with E-state index >= 15 is 0 Å². The lowest BCUT2D eigenvalue weighted by Crippen LogP contribution is -2.19. The van der Waals surface area contributed by atoms with E-state index in [4.69, 9.17) is 14.6 Å². The second kappa shape index (κ2) is 9.95. The standard InChI is InChI=1S/C18H23NO3/c20-11-13-21-12-10-19-14-16-6-8-18(9-7-16)22-15-17-4-2-1-3-5-17/h1-9,19-20H,10-15H2. The van der Waals surface area contributed by atoms with Crippen molar-refractivity contribution in [2.24, 2.45) is 0 Å². The van der Waals surface area contributed by atoms with E-state index in [-0.39, 0.29) is 6.61 Å². The number of hydrogen-bond donors (Lipinski definition) is 2. The summed E-state index contributed by atoms with van der Waals surface area (Å²) >= 11 is 0. The van der Waals surface area contributed by atoms with Gasteiger partial charge in [0.1, 0.15) is 12.4 Å². The van der Waals surface area contributed by atoms with Crippen LogP contribution in [0.15, 0.2) is 54.6 Å². The molecule has 2 N–H and O–H groups in total. The molecule has 0 aromatic heterocycles. The van der Waals surface area contributed by atoms with Crippen LogP contribution in [0.3, 0.4) is 0 Å². The Morgan fingerprint density at radius 1 is 0.864 bits per heavy atom. The van der Waals surface area contributed by atoms with Gasteiger partial charge in [-0.25, -0.2) is 0 Å². The summed E-state index contributed by atoms with van der Waals surface area (Å²) in [5.74, 6) is 0.874. The molecule has 0 aliphatic heterocycles. The lowest BCUT2D eigenvalue weighted by Gasteiger charge is -2.08. The molecule has 0 aliphatic rings. The fraction of sp³-hybridized carbons (Fsp3) is 0.333. The van der Waals surface area contributed by atoms with Gasteiger partial charge in [-0.1, -0.05) is 42.5 Å². The lowest BCUT2D eigenvalue weighted by atomic mass is 10.2. The molecule has 4 nitrogen and oxygen atoms in total. The summed E-state index contributed by atoms with van der Waals surface area (Å²) in [5, 5.41) is 11.9. The van der Waals surface area contributed by atoms with E-state index in [1.54, 1.807) is 0 Å². The number of aliphatic hydroxyl groups is 1. The van der Waals surface area contributed by atoms with Gasteiger partial charge in [0.05, 0.1) is 19.8 Å². The average Bonchev–Trinajstić information content (AvgIpc) is 2.58. The molecule has 0 fully saturated rings. The predicted molar refractivity (Wildman–Crippen MR) is 86.8 cm³/mol. The van der Waals surface area contributed by atoms with Crippen LogP contribution in [0, 0.1) is 0 Å². The number of nitrogens with one attached hydrogen (secondary N) is 1. The van der Waals surface area contributed by atoms with Crippen molar-refractivity contribution < 1.29 is 14.6 Å². The van der Waals surface area contributed by atoms with Crippen molar-refractivity contribution in [1.82, 2.24) is 5.32 Å². The molecule has 22 heavy (non-hydrogen) atoms. The lowest BCUT2D eigenvalue weighted by molar-refractivity contribution is 0.0938. The van der Waals surface area contributed by atoms with Gasteiger partial charge in [0.15, 0.2) is 0 Å². The van der Waals surface area contributed by atoms with Crippen LogP contribution in [0.1, 0.15) is 11.1 Å². The van der Waals surface area contributed by atoms with E-state index < -0.39 is 0 Å². The smallest absolute Gasteiger partial charge is 0.119 e. The quantitative estimate of drug-likeness (QED) is 0.662. The number of benzene rings is 2. The zero-order valence-electron chi connectivity index (χ0n) is 12.7. The molecule has 0 saturated carbocycles. The Kier molecular flexibility index (Phi) is 7.46. The van der Waals surface area contributed by atoms with Gasteiger partial charge in [-0.3, -0.25) is 0 Å². The van der Waals surface area contributed by atoms with Crippen molar-refractivity contribution in [3.8, 4) is 5.75 Å². The number of ether oxygens (including phenoxy) is 2. The van der Waals surface area contributed by atoms with E-state index in [0.29, 0.717) is 19.8 Å². The Morgan fingerprint density at radius 2 is 1.64 bits per heavy atom. The Morgan fingerprint density at radius 3 is 2.36 bits per heavy atom. The third-order valence-electron chi connectivity index (χ3n) is 3.16. The summed E-state index contributed by atoms with van der Waals surface area (Å²) in [4.78, 5) is 0. The maximum atomic E-state index is 8.59. The fourth-order valence-electron chi connectivity index (χ4n) is 1.99. The highest BCUT2D eigenvalue weighted by molar-refractivity contribution is 5.27. The molecule has 0 amide bonds. The molecule has 0 unspecified atom stereocenters. The minimum absolute atomic E-state index is 0.0739. The Balaban J connectivity index is 1.67. The van der Waals surface area contributed by atoms with Crippen LogP contribution in [-0.2, 0) is 17.9 Å². The summed E-state index contributed by atoms with van der Waals surface area (Å²) < 4.78 is 10.9. The van der Waals surface area contributed by atoms with Gasteiger partial charge in [-0.05, 0) is 23.3 Å². The van der Waals surface area contributed by atoms with Crippen LogP contribution in [-0.4, -0.2) is 31.5 Å². The van der Waals surface area contributed by atoms with Crippen LogP contribution in [0.5, 0.6) is 5.75 Å². The molecule has 0 atom stereocenters. The maximum Gasteiger partial charge on any atom is 0.119 e. The van der Waals surface area contributed by atoms with Gasteiger partial charge in [0.2, 0.25) is 0 Å². The number of aliphatic hydroxyl groups excluding tert-OH is 1. The molecule has 4 heteroatoms. The third kappa shape index (κ3) is 6.26. The Labute approximate surface area is 131 Å². The first-order valence-corrected chi connectivity index (χ1v) is 7.53. The second-order valence-electron chi connectivity index (χ2n) is 4.93. The maximum absolute atomic E-state index is 8.59. The molecule has 0 saturated heterocycles. The van der Waals surface area contributed by atoms with E-state index in [1.165, 1.54) is 5.56 Å². The fourth-order valence-corrected chi connectivity index (χ4v) is 1.99. The molecule has 2 aromatic carbocycles. The third-order valence-corrected chi connectivity index (χ3v) is 3.16. The highest BCUT2D eigenvalue weighted by atomic mass is 16.5. The summed E-state index contributed by atoms with van der Waals surface area (Å²) in [7, 11) is 0. The van der Waals surface area contributed by atoms with Crippen molar-refractivity contribution in [1.29, 1.82) is 0 Å². The summed E-state index contributed by atoms with van der Waals surface area (Å²) in [5.41, 5.74) is 2.37. The van der Waals surface area contributed by atoms with Crippen LogP contribution >= 0.6 is 0 Å². The van der Waals surface area contributed by atoms with Gasteiger partial charge in [-0.2, -0.15) is 0 Å². The first-order chi connectivity index (χ1) is 10.9. The zero-order valence-corrected chi connectivity index (χ0v) is 12.7. The summed E-state index contributed by atoms with van der Waals surface area (Å²) in [6, 6.07) is 18.2. The molecule has 0 bridgehead atoms. The summed E-state index contributed by atoms with van der Waals surface area (Å²) in [6.45, 7) is 3.23. The normalized spacial score (nSPS) is 10.6. The number of rotatable bonds is 10. The number of hydrogen-bond acceptors (Lipinski definition) is 4. The van der Waals surface area contributed by atoms with Gasteiger partial charge in [0, 0.05) is 13.1 Å². The van der Waals surface area contributed by atoms with E-state index in [2.05, 4.69) is 29.6 Å². The molecule has 2 rings (SSSR count). The van der Waals surface area contributed by atoms with Crippen molar-refractivity contribution in [3.63, 3.8) is 0 Å². The van der Waals surface area contributed by atoms with E-state index in [1.807, 2.05) is 30.3 Å². The average molecular weight is 301 g/mol. The van der Waals surface area contributed by atoms with Gasteiger partial charge < -0.3 is 19.9 Å². The van der Waals surface area contributed by atoms with Crippen molar-refractivity contribution in [2.75, 3.05) is 26.4 Å². The summed E-state index contributed by atoms with van der Waals surface area (Å²) in [6.07, 6.45) is 0. The van der Waals surface area contributed by atoms with Crippen molar-refractivity contribution in [3.05, 3.63) is 65.7 Å². The zero-order chi connectivity index (χ0) is 15.5.